The van der Waals surface area contributed by atoms with Crippen LogP contribution in [-0.2, 0) is 11.2 Å². The Balaban J connectivity index is 2.98. The minimum Gasteiger partial charge on any atom is -0.303 e. The molecule has 58 valence electrons. The van der Waals surface area contributed by atoms with Crippen molar-refractivity contribution in [3.63, 3.8) is 0 Å². The number of aldehydes is 1. The first-order chi connectivity index (χ1) is 5.24. The number of benzene rings is 1. The van der Waals surface area contributed by atoms with Gasteiger partial charge in [0.15, 0.2) is 0 Å². The number of hydrogen-bond acceptors (Lipinski definition) is 1. The number of rotatable bonds is 2. The van der Waals surface area contributed by atoms with Crippen LogP contribution in [0.5, 0.6) is 0 Å². The largest absolute Gasteiger partial charge is 0.303 e. The lowest BCUT2D eigenvalue weighted by molar-refractivity contribution is -0.107. The zero-order valence-electron chi connectivity index (χ0n) is 6.30. The van der Waals surface area contributed by atoms with Gasteiger partial charge in [-0.3, -0.25) is 0 Å². The van der Waals surface area contributed by atoms with Crippen molar-refractivity contribution in [1.29, 1.82) is 0 Å². The second-order valence-electron chi connectivity index (χ2n) is 2.44. The third-order valence-corrected chi connectivity index (χ3v) is 2.10. The molecule has 0 N–H and O–H groups in total. The molecule has 0 aliphatic carbocycles. The maximum Gasteiger partial charge on any atom is 0.124 e. The van der Waals surface area contributed by atoms with E-state index in [0.29, 0.717) is 6.42 Å². The van der Waals surface area contributed by atoms with E-state index in [-0.39, 0.29) is 0 Å². The fraction of sp³-hybridized carbons (Fsp3) is 0.222. The molecule has 0 saturated carbocycles. The second-order valence-corrected chi connectivity index (χ2v) is 3.36. The van der Waals surface area contributed by atoms with Crippen molar-refractivity contribution in [3.8, 4) is 0 Å². The van der Waals surface area contributed by atoms with Gasteiger partial charge in [-0.2, -0.15) is 0 Å². The summed E-state index contributed by atoms with van der Waals surface area (Å²) in [7, 11) is 0. The van der Waals surface area contributed by atoms with E-state index in [1.54, 1.807) is 0 Å². The lowest BCUT2D eigenvalue weighted by Crippen LogP contribution is -1.89. The van der Waals surface area contributed by atoms with Crippen molar-refractivity contribution in [3.05, 3.63) is 33.8 Å². The van der Waals surface area contributed by atoms with Crippen LogP contribution in [0.4, 0.5) is 0 Å². The predicted octanol–water partition coefficient (Wildman–Crippen LogP) is 2.50. The standard InChI is InChI=1S/C9H9BrO/c1-7-6-9(10)3-2-8(7)4-5-11/h2-3,5-6H,4H2,1H3. The van der Waals surface area contributed by atoms with Gasteiger partial charge in [0.25, 0.3) is 0 Å². The molecule has 0 unspecified atom stereocenters. The van der Waals surface area contributed by atoms with E-state index in [0.717, 1.165) is 21.9 Å². The van der Waals surface area contributed by atoms with Crippen molar-refractivity contribution in [2.75, 3.05) is 0 Å². The molecule has 0 bridgehead atoms. The van der Waals surface area contributed by atoms with E-state index in [1.165, 1.54) is 0 Å². The molecule has 1 aromatic carbocycles. The second kappa shape index (κ2) is 3.67. The number of aryl methyl sites for hydroxylation is 1. The Labute approximate surface area is 74.6 Å². The van der Waals surface area contributed by atoms with Gasteiger partial charge < -0.3 is 4.79 Å². The molecule has 0 aliphatic rings. The molecule has 0 saturated heterocycles. The predicted molar refractivity (Wildman–Crippen MR) is 48.6 cm³/mol. The van der Waals surface area contributed by atoms with Crippen LogP contribution in [0.15, 0.2) is 22.7 Å². The van der Waals surface area contributed by atoms with E-state index in [2.05, 4.69) is 15.9 Å². The first-order valence-corrected chi connectivity index (χ1v) is 4.22. The van der Waals surface area contributed by atoms with E-state index in [4.69, 9.17) is 0 Å². The molecular formula is C9H9BrO. The van der Waals surface area contributed by atoms with Gasteiger partial charge in [0.1, 0.15) is 6.29 Å². The zero-order chi connectivity index (χ0) is 8.27. The van der Waals surface area contributed by atoms with Gasteiger partial charge in [-0.25, -0.2) is 0 Å². The van der Waals surface area contributed by atoms with Crippen LogP contribution in [-0.4, -0.2) is 6.29 Å². The summed E-state index contributed by atoms with van der Waals surface area (Å²) in [6, 6.07) is 5.93. The topological polar surface area (TPSA) is 17.1 Å². The van der Waals surface area contributed by atoms with Gasteiger partial charge in [-0.15, -0.1) is 0 Å². The first kappa shape index (κ1) is 8.47. The highest BCUT2D eigenvalue weighted by Gasteiger charge is 1.96. The number of carbonyl (C=O) groups is 1. The summed E-state index contributed by atoms with van der Waals surface area (Å²) >= 11 is 3.36. The number of hydrogen-bond donors (Lipinski definition) is 0. The summed E-state index contributed by atoms with van der Waals surface area (Å²) < 4.78 is 1.06. The Morgan fingerprint density at radius 1 is 1.55 bits per heavy atom. The van der Waals surface area contributed by atoms with Gasteiger partial charge in [0.2, 0.25) is 0 Å². The van der Waals surface area contributed by atoms with Crippen LogP contribution in [0.2, 0.25) is 0 Å². The average molecular weight is 213 g/mol. The van der Waals surface area contributed by atoms with Crippen molar-refractivity contribution >= 4 is 22.2 Å². The third kappa shape index (κ3) is 2.15. The van der Waals surface area contributed by atoms with Crippen LogP contribution in [0.25, 0.3) is 0 Å². The molecule has 11 heavy (non-hydrogen) atoms. The first-order valence-electron chi connectivity index (χ1n) is 3.42. The Morgan fingerprint density at radius 2 is 2.27 bits per heavy atom. The van der Waals surface area contributed by atoms with Crippen LogP contribution in [0, 0.1) is 6.92 Å². The molecule has 0 atom stereocenters. The Hall–Kier alpha value is -0.630. The van der Waals surface area contributed by atoms with Crippen molar-refractivity contribution < 1.29 is 4.79 Å². The van der Waals surface area contributed by atoms with Crippen molar-refractivity contribution in [2.45, 2.75) is 13.3 Å². The normalized spacial score (nSPS) is 9.64. The summed E-state index contributed by atoms with van der Waals surface area (Å²) in [6.07, 6.45) is 1.44. The molecule has 0 amide bonds. The van der Waals surface area contributed by atoms with E-state index < -0.39 is 0 Å². The molecule has 0 spiro atoms. The Bertz CT molecular complexity index is 268. The summed E-state index contributed by atoms with van der Waals surface area (Å²) in [5, 5.41) is 0. The van der Waals surface area contributed by atoms with Gasteiger partial charge >= 0.3 is 0 Å². The van der Waals surface area contributed by atoms with Crippen LogP contribution >= 0.6 is 15.9 Å². The minimum absolute atomic E-state index is 0.513. The number of carbonyl (C=O) groups excluding carboxylic acids is 1. The Kier molecular flexibility index (Phi) is 2.83. The zero-order valence-corrected chi connectivity index (χ0v) is 7.89. The molecule has 0 radical (unpaired) electrons. The molecular weight excluding hydrogens is 204 g/mol. The van der Waals surface area contributed by atoms with Gasteiger partial charge in [-0.1, -0.05) is 22.0 Å². The van der Waals surface area contributed by atoms with Gasteiger partial charge in [0, 0.05) is 10.9 Å². The third-order valence-electron chi connectivity index (χ3n) is 1.61. The highest BCUT2D eigenvalue weighted by atomic mass is 79.9. The monoisotopic (exact) mass is 212 g/mol. The molecule has 2 heteroatoms. The summed E-state index contributed by atoms with van der Waals surface area (Å²) in [5.74, 6) is 0. The molecule has 1 aromatic rings. The molecule has 0 heterocycles. The lowest BCUT2D eigenvalue weighted by Gasteiger charge is -2.00. The molecule has 1 rings (SSSR count). The van der Waals surface area contributed by atoms with Crippen molar-refractivity contribution in [2.24, 2.45) is 0 Å². The van der Waals surface area contributed by atoms with Crippen LogP contribution < -0.4 is 0 Å². The molecule has 0 aliphatic heterocycles. The summed E-state index contributed by atoms with van der Waals surface area (Å²) in [4.78, 5) is 10.2. The van der Waals surface area contributed by atoms with E-state index in [1.807, 2.05) is 25.1 Å². The molecule has 0 fully saturated rings. The Morgan fingerprint density at radius 3 is 2.82 bits per heavy atom. The SMILES string of the molecule is Cc1cc(Br)ccc1CC=O. The average Bonchev–Trinajstić information content (AvgIpc) is 1.95. The lowest BCUT2D eigenvalue weighted by atomic mass is 10.1. The maximum absolute atomic E-state index is 10.2. The highest BCUT2D eigenvalue weighted by molar-refractivity contribution is 9.10. The van der Waals surface area contributed by atoms with Crippen LogP contribution in [0.1, 0.15) is 11.1 Å². The van der Waals surface area contributed by atoms with Crippen molar-refractivity contribution in [1.82, 2.24) is 0 Å². The van der Waals surface area contributed by atoms with E-state index in [9.17, 15) is 4.79 Å². The van der Waals surface area contributed by atoms with Crippen LogP contribution in [0.3, 0.4) is 0 Å². The quantitative estimate of drug-likeness (QED) is 0.689. The summed E-state index contributed by atoms with van der Waals surface area (Å²) in [6.45, 7) is 2.00. The molecule has 1 nitrogen and oxygen atoms in total. The fourth-order valence-corrected chi connectivity index (χ4v) is 1.45. The fourth-order valence-electron chi connectivity index (χ4n) is 0.978. The minimum atomic E-state index is 0.513. The molecule has 0 aromatic heterocycles. The number of halogens is 1. The van der Waals surface area contributed by atoms with E-state index >= 15 is 0 Å². The van der Waals surface area contributed by atoms with Gasteiger partial charge in [-0.05, 0) is 30.2 Å². The maximum atomic E-state index is 10.2. The highest BCUT2D eigenvalue weighted by Crippen LogP contribution is 2.15. The smallest absolute Gasteiger partial charge is 0.124 e. The van der Waals surface area contributed by atoms with Gasteiger partial charge in [0.05, 0.1) is 0 Å². The summed E-state index contributed by atoms with van der Waals surface area (Å²) in [5.41, 5.74) is 2.26.